The summed E-state index contributed by atoms with van der Waals surface area (Å²) in [5.74, 6) is 0.533. The number of hydrogen-bond acceptors (Lipinski definition) is 10. The van der Waals surface area contributed by atoms with Crippen LogP contribution in [0.4, 0.5) is 5.82 Å². The van der Waals surface area contributed by atoms with Crippen molar-refractivity contribution in [3.8, 4) is 11.3 Å². The zero-order valence-corrected chi connectivity index (χ0v) is 21.8. The number of pyridine rings is 1. The first kappa shape index (κ1) is 24.9. The van der Waals surface area contributed by atoms with Crippen molar-refractivity contribution in [2.75, 3.05) is 11.1 Å². The highest BCUT2D eigenvalue weighted by Gasteiger charge is 2.30. The molecule has 0 bridgehead atoms. The SMILES string of the molecule is CCCn1c(=O)c(NCc2ccc(S(=O)(=O)CC)nc2)nc2ncc(-c3c(C)ncnc3C3CC3)nc21. The second-order valence-electron chi connectivity index (χ2n) is 9.07. The van der Waals surface area contributed by atoms with E-state index in [-0.39, 0.29) is 28.7 Å². The minimum absolute atomic E-state index is 0.0168. The molecule has 0 amide bonds. The summed E-state index contributed by atoms with van der Waals surface area (Å²) < 4.78 is 25.6. The lowest BCUT2D eigenvalue weighted by Crippen LogP contribution is -2.26. The summed E-state index contributed by atoms with van der Waals surface area (Å²) in [5.41, 5.74) is 4.48. The monoisotopic (exact) mass is 520 g/mol. The molecule has 37 heavy (non-hydrogen) atoms. The van der Waals surface area contributed by atoms with E-state index in [2.05, 4.69) is 30.2 Å². The van der Waals surface area contributed by atoms with Gasteiger partial charge in [-0.3, -0.25) is 9.36 Å². The standard InChI is InChI=1S/C25H28N8O3S/c1-4-10-33-24-22(28-13-18(31-24)20-15(3)29-14-30-21(20)17-7-8-17)32-23(25(33)34)27-12-16-6-9-19(26-11-16)37(35,36)5-2/h6,9,11,13-14,17H,4-5,7-8,10,12H2,1-3H3,(H,27,28,32). The Bertz CT molecular complexity index is 1630. The molecule has 4 aromatic rings. The van der Waals surface area contributed by atoms with Gasteiger partial charge in [-0.25, -0.2) is 38.3 Å². The van der Waals surface area contributed by atoms with Gasteiger partial charge in [0.2, 0.25) is 0 Å². The Labute approximate surface area is 214 Å². The highest BCUT2D eigenvalue weighted by atomic mass is 32.2. The molecule has 4 aromatic heterocycles. The smallest absolute Gasteiger partial charge is 0.295 e. The second-order valence-corrected chi connectivity index (χ2v) is 11.3. The molecule has 1 aliphatic carbocycles. The van der Waals surface area contributed by atoms with Crippen LogP contribution in [0.2, 0.25) is 0 Å². The van der Waals surface area contributed by atoms with Crippen LogP contribution in [-0.4, -0.2) is 48.6 Å². The number of nitrogens with one attached hydrogen (secondary N) is 1. The predicted molar refractivity (Wildman–Crippen MR) is 139 cm³/mol. The van der Waals surface area contributed by atoms with E-state index < -0.39 is 9.84 Å². The third kappa shape index (κ3) is 4.93. The fourth-order valence-electron chi connectivity index (χ4n) is 4.19. The van der Waals surface area contributed by atoms with Crippen molar-refractivity contribution in [2.24, 2.45) is 0 Å². The number of rotatable bonds is 9. The predicted octanol–water partition coefficient (Wildman–Crippen LogP) is 3.04. The van der Waals surface area contributed by atoms with Gasteiger partial charge in [0.25, 0.3) is 5.56 Å². The van der Waals surface area contributed by atoms with Crippen LogP contribution in [0.25, 0.3) is 22.6 Å². The lowest BCUT2D eigenvalue weighted by molar-refractivity contribution is 0.593. The summed E-state index contributed by atoms with van der Waals surface area (Å²) in [4.78, 5) is 40.1. The first-order valence-corrected chi connectivity index (χ1v) is 14.0. The van der Waals surface area contributed by atoms with Gasteiger partial charge in [0, 0.05) is 30.8 Å². The van der Waals surface area contributed by atoms with Crippen LogP contribution in [-0.2, 0) is 22.9 Å². The van der Waals surface area contributed by atoms with Crippen LogP contribution in [0.1, 0.15) is 56.0 Å². The van der Waals surface area contributed by atoms with Crippen LogP contribution in [0.3, 0.4) is 0 Å². The van der Waals surface area contributed by atoms with Crippen molar-refractivity contribution in [1.82, 2.24) is 34.5 Å². The van der Waals surface area contributed by atoms with Crippen molar-refractivity contribution >= 4 is 26.9 Å². The Morgan fingerprint density at radius 3 is 2.54 bits per heavy atom. The van der Waals surface area contributed by atoms with E-state index in [1.807, 2.05) is 13.8 Å². The molecule has 5 rings (SSSR count). The molecular weight excluding hydrogens is 492 g/mol. The molecular formula is C25H28N8O3S. The summed E-state index contributed by atoms with van der Waals surface area (Å²) >= 11 is 0. The van der Waals surface area contributed by atoms with Gasteiger partial charge in [0.1, 0.15) is 6.33 Å². The molecule has 12 heteroatoms. The lowest BCUT2D eigenvalue weighted by atomic mass is 10.1. The van der Waals surface area contributed by atoms with Gasteiger partial charge in [0.15, 0.2) is 32.0 Å². The molecule has 1 N–H and O–H groups in total. The van der Waals surface area contributed by atoms with Crippen LogP contribution in [0.15, 0.2) is 40.7 Å². The molecule has 192 valence electrons. The average molecular weight is 521 g/mol. The Balaban J connectivity index is 1.49. The van der Waals surface area contributed by atoms with Crippen molar-refractivity contribution < 1.29 is 8.42 Å². The molecule has 1 fully saturated rings. The van der Waals surface area contributed by atoms with Gasteiger partial charge in [-0.1, -0.05) is 19.9 Å². The Hall–Kier alpha value is -3.80. The van der Waals surface area contributed by atoms with E-state index in [4.69, 9.17) is 4.98 Å². The first-order valence-electron chi connectivity index (χ1n) is 12.3. The molecule has 0 aromatic carbocycles. The van der Waals surface area contributed by atoms with E-state index in [9.17, 15) is 13.2 Å². The van der Waals surface area contributed by atoms with Gasteiger partial charge < -0.3 is 5.32 Å². The molecule has 0 spiro atoms. The molecule has 0 unspecified atom stereocenters. The molecule has 4 heterocycles. The zero-order valence-electron chi connectivity index (χ0n) is 21.0. The molecule has 1 aliphatic rings. The lowest BCUT2D eigenvalue weighted by Gasteiger charge is -2.14. The minimum Gasteiger partial charge on any atom is -0.361 e. The number of aryl methyl sites for hydroxylation is 2. The second kappa shape index (κ2) is 9.92. The quantitative estimate of drug-likeness (QED) is 0.349. The highest BCUT2D eigenvalue weighted by Crippen LogP contribution is 2.43. The molecule has 1 saturated carbocycles. The molecule has 0 saturated heterocycles. The van der Waals surface area contributed by atoms with E-state index in [0.29, 0.717) is 35.0 Å². The van der Waals surface area contributed by atoms with Gasteiger partial charge in [-0.2, -0.15) is 0 Å². The zero-order chi connectivity index (χ0) is 26.2. The maximum absolute atomic E-state index is 13.4. The van der Waals surface area contributed by atoms with Crippen molar-refractivity contribution in [1.29, 1.82) is 0 Å². The normalized spacial score (nSPS) is 13.7. The Kier molecular flexibility index (Phi) is 6.67. The maximum Gasteiger partial charge on any atom is 0.295 e. The van der Waals surface area contributed by atoms with Gasteiger partial charge in [-0.05, 0) is 37.8 Å². The van der Waals surface area contributed by atoms with E-state index in [1.165, 1.54) is 12.3 Å². The van der Waals surface area contributed by atoms with E-state index in [0.717, 1.165) is 36.2 Å². The van der Waals surface area contributed by atoms with Gasteiger partial charge >= 0.3 is 0 Å². The van der Waals surface area contributed by atoms with Crippen molar-refractivity contribution in [3.63, 3.8) is 0 Å². The molecule has 0 atom stereocenters. The van der Waals surface area contributed by atoms with Gasteiger partial charge in [-0.15, -0.1) is 0 Å². The van der Waals surface area contributed by atoms with Crippen LogP contribution in [0, 0.1) is 6.92 Å². The number of sulfone groups is 1. The summed E-state index contributed by atoms with van der Waals surface area (Å²) in [6.07, 6.45) is 7.63. The number of nitrogens with zero attached hydrogens (tertiary/aromatic N) is 7. The van der Waals surface area contributed by atoms with E-state index in [1.54, 1.807) is 30.1 Å². The average Bonchev–Trinajstić information content (AvgIpc) is 3.75. The topological polar surface area (TPSA) is 146 Å². The highest BCUT2D eigenvalue weighted by molar-refractivity contribution is 7.91. The van der Waals surface area contributed by atoms with Crippen molar-refractivity contribution in [3.05, 3.63) is 58.2 Å². The Morgan fingerprint density at radius 1 is 1.05 bits per heavy atom. The number of fused-ring (bicyclic) bond motifs is 1. The van der Waals surface area contributed by atoms with Crippen LogP contribution < -0.4 is 10.9 Å². The summed E-state index contributed by atoms with van der Waals surface area (Å²) in [7, 11) is -3.38. The number of aromatic nitrogens is 7. The fraction of sp³-hybridized carbons (Fsp3) is 0.400. The third-order valence-electron chi connectivity index (χ3n) is 6.35. The summed E-state index contributed by atoms with van der Waals surface area (Å²) in [6, 6.07) is 3.14. The number of anilines is 1. The Morgan fingerprint density at radius 2 is 1.86 bits per heavy atom. The largest absolute Gasteiger partial charge is 0.361 e. The van der Waals surface area contributed by atoms with Gasteiger partial charge in [0.05, 0.1) is 29.0 Å². The molecule has 0 aliphatic heterocycles. The molecule has 11 nitrogen and oxygen atoms in total. The summed E-state index contributed by atoms with van der Waals surface area (Å²) in [6.45, 7) is 6.19. The van der Waals surface area contributed by atoms with Crippen LogP contribution >= 0.6 is 0 Å². The number of hydrogen-bond donors (Lipinski definition) is 1. The van der Waals surface area contributed by atoms with Crippen molar-refractivity contribution in [2.45, 2.75) is 64.1 Å². The minimum atomic E-state index is -3.38. The van der Waals surface area contributed by atoms with E-state index >= 15 is 0 Å². The first-order chi connectivity index (χ1) is 17.8. The van der Waals surface area contributed by atoms with Crippen LogP contribution in [0.5, 0.6) is 0 Å². The molecule has 0 radical (unpaired) electrons. The maximum atomic E-state index is 13.4. The third-order valence-corrected chi connectivity index (χ3v) is 7.99. The summed E-state index contributed by atoms with van der Waals surface area (Å²) in [5, 5.41) is 3.09. The fourth-order valence-corrected chi connectivity index (χ4v) is 4.97.